The number of rotatable bonds is 9. The number of nitrogens with two attached hydrogens (primary N) is 1. The number of hydrogen-bond donors (Lipinski definition) is 3. The van der Waals surface area contributed by atoms with Crippen molar-refractivity contribution in [3.63, 3.8) is 0 Å². The van der Waals surface area contributed by atoms with Gasteiger partial charge in [-0.05, 0) is 6.42 Å². The standard InChI is InChI=1S/C8H16N2O7S2/c1-18(14,15)4-5-19(16,17)10-6(8(12)13)2-3-7(9)11/h6,10H,2-5H2,1H3,(H2,9,11)(H,12,13)/t6-/m0/s1. The van der Waals surface area contributed by atoms with Gasteiger partial charge in [-0.3, -0.25) is 9.59 Å². The van der Waals surface area contributed by atoms with Crippen LogP contribution >= 0.6 is 0 Å². The highest BCUT2D eigenvalue weighted by atomic mass is 32.2. The van der Waals surface area contributed by atoms with E-state index in [2.05, 4.69) is 0 Å². The van der Waals surface area contributed by atoms with E-state index in [1.165, 1.54) is 0 Å². The number of sulfone groups is 1. The van der Waals surface area contributed by atoms with Crippen molar-refractivity contribution in [1.29, 1.82) is 0 Å². The normalized spacial score (nSPS) is 13.9. The number of primary amides is 1. The lowest BCUT2D eigenvalue weighted by atomic mass is 10.2. The minimum atomic E-state index is -4.07. The first-order valence-corrected chi connectivity index (χ1v) is 8.83. The predicted octanol–water partition coefficient (Wildman–Crippen LogP) is -2.33. The van der Waals surface area contributed by atoms with Crippen molar-refractivity contribution in [2.75, 3.05) is 17.8 Å². The summed E-state index contributed by atoms with van der Waals surface area (Å²) in [7, 11) is -7.55. The summed E-state index contributed by atoms with van der Waals surface area (Å²) < 4.78 is 46.5. The molecule has 0 aliphatic heterocycles. The quantitative estimate of drug-likeness (QED) is 0.429. The smallest absolute Gasteiger partial charge is 0.321 e. The molecule has 0 unspecified atom stereocenters. The molecule has 0 radical (unpaired) electrons. The van der Waals surface area contributed by atoms with Gasteiger partial charge in [-0.1, -0.05) is 0 Å². The van der Waals surface area contributed by atoms with Gasteiger partial charge in [-0.25, -0.2) is 21.6 Å². The fourth-order valence-corrected chi connectivity index (χ4v) is 3.91. The van der Waals surface area contributed by atoms with E-state index in [1.807, 2.05) is 4.72 Å². The average Bonchev–Trinajstić information content (AvgIpc) is 2.20. The molecule has 4 N–H and O–H groups in total. The Balaban J connectivity index is 4.65. The maximum Gasteiger partial charge on any atom is 0.321 e. The van der Waals surface area contributed by atoms with Crippen LogP contribution in [0.4, 0.5) is 0 Å². The highest BCUT2D eigenvalue weighted by Crippen LogP contribution is 2.01. The van der Waals surface area contributed by atoms with E-state index in [4.69, 9.17) is 10.8 Å². The molecular weight excluding hydrogens is 300 g/mol. The molecule has 9 nitrogen and oxygen atoms in total. The molecule has 0 fully saturated rings. The van der Waals surface area contributed by atoms with Gasteiger partial charge in [-0.2, -0.15) is 0 Å². The highest BCUT2D eigenvalue weighted by molar-refractivity contribution is 7.93. The number of hydrogen-bond acceptors (Lipinski definition) is 6. The van der Waals surface area contributed by atoms with Crippen LogP contribution in [0.1, 0.15) is 12.8 Å². The maximum atomic E-state index is 11.5. The zero-order chi connectivity index (χ0) is 15.3. The summed E-state index contributed by atoms with van der Waals surface area (Å²) in [4.78, 5) is 21.3. The van der Waals surface area contributed by atoms with Crippen LogP contribution in [0.25, 0.3) is 0 Å². The van der Waals surface area contributed by atoms with E-state index in [1.54, 1.807) is 0 Å². The number of carbonyl (C=O) groups is 2. The first-order chi connectivity index (χ1) is 8.43. The molecule has 0 heterocycles. The van der Waals surface area contributed by atoms with Gasteiger partial charge in [0.1, 0.15) is 15.9 Å². The van der Waals surface area contributed by atoms with Gasteiger partial charge in [0.15, 0.2) is 0 Å². The van der Waals surface area contributed by atoms with Gasteiger partial charge in [-0.15, -0.1) is 0 Å². The summed E-state index contributed by atoms with van der Waals surface area (Å²) in [5.74, 6) is -3.60. The molecular formula is C8H16N2O7S2. The monoisotopic (exact) mass is 316 g/mol. The summed E-state index contributed by atoms with van der Waals surface area (Å²) in [6.07, 6.45) is 0.263. The maximum absolute atomic E-state index is 11.5. The second-order valence-corrected chi connectivity index (χ2v) is 8.10. The van der Waals surface area contributed by atoms with Crippen LogP contribution in [0.5, 0.6) is 0 Å². The lowest BCUT2D eigenvalue weighted by Crippen LogP contribution is -2.43. The van der Waals surface area contributed by atoms with Gasteiger partial charge in [0.25, 0.3) is 0 Å². The van der Waals surface area contributed by atoms with Gasteiger partial charge in [0.2, 0.25) is 15.9 Å². The molecule has 0 bridgehead atoms. The van der Waals surface area contributed by atoms with E-state index < -0.39 is 49.3 Å². The van der Waals surface area contributed by atoms with E-state index >= 15 is 0 Å². The number of amides is 1. The third-order valence-electron chi connectivity index (χ3n) is 2.02. The van der Waals surface area contributed by atoms with Crippen LogP contribution in [0.15, 0.2) is 0 Å². The molecule has 0 saturated carbocycles. The zero-order valence-electron chi connectivity index (χ0n) is 10.2. The molecule has 0 aromatic carbocycles. The van der Waals surface area contributed by atoms with Crippen molar-refractivity contribution in [3.05, 3.63) is 0 Å². The first kappa shape index (κ1) is 17.8. The Kier molecular flexibility index (Phi) is 6.39. The van der Waals surface area contributed by atoms with Crippen LogP contribution in [0.2, 0.25) is 0 Å². The Morgan fingerprint density at radius 3 is 2.11 bits per heavy atom. The first-order valence-electron chi connectivity index (χ1n) is 5.12. The average molecular weight is 316 g/mol. The molecule has 19 heavy (non-hydrogen) atoms. The van der Waals surface area contributed by atoms with Gasteiger partial charge in [0, 0.05) is 12.7 Å². The van der Waals surface area contributed by atoms with Crippen LogP contribution in [0.3, 0.4) is 0 Å². The van der Waals surface area contributed by atoms with E-state index in [9.17, 15) is 26.4 Å². The summed E-state index contributed by atoms with van der Waals surface area (Å²) in [5.41, 5.74) is 4.83. The molecule has 0 aliphatic carbocycles. The van der Waals surface area contributed by atoms with Crippen molar-refractivity contribution < 1.29 is 31.5 Å². The molecule has 0 aliphatic rings. The van der Waals surface area contributed by atoms with Crippen LogP contribution in [-0.4, -0.2) is 57.6 Å². The third kappa shape index (κ3) is 9.39. The number of sulfonamides is 1. The van der Waals surface area contributed by atoms with Crippen LogP contribution < -0.4 is 10.5 Å². The van der Waals surface area contributed by atoms with Gasteiger partial charge in [0.05, 0.1) is 11.5 Å². The summed E-state index contributed by atoms with van der Waals surface area (Å²) in [6, 6.07) is -1.52. The molecule has 112 valence electrons. The lowest BCUT2D eigenvalue weighted by molar-refractivity contribution is -0.139. The highest BCUT2D eigenvalue weighted by Gasteiger charge is 2.25. The number of carboxylic acid groups (broad SMARTS) is 1. The molecule has 0 aromatic rings. The molecule has 0 saturated heterocycles. The number of carbonyl (C=O) groups excluding carboxylic acids is 1. The number of carboxylic acids is 1. The Bertz CT molecular complexity index is 537. The Labute approximate surface area is 111 Å². The number of nitrogens with one attached hydrogen (secondary N) is 1. The van der Waals surface area contributed by atoms with Crippen LogP contribution in [-0.2, 0) is 29.4 Å². The second-order valence-electron chi connectivity index (χ2n) is 3.96. The zero-order valence-corrected chi connectivity index (χ0v) is 11.8. The minimum Gasteiger partial charge on any atom is -0.480 e. The van der Waals surface area contributed by atoms with Gasteiger partial charge < -0.3 is 10.8 Å². The Morgan fingerprint density at radius 2 is 1.74 bits per heavy atom. The predicted molar refractivity (Wildman–Crippen MR) is 66.5 cm³/mol. The lowest BCUT2D eigenvalue weighted by Gasteiger charge is -2.13. The summed E-state index contributed by atoms with van der Waals surface area (Å²) in [6.45, 7) is 0. The molecule has 0 spiro atoms. The molecule has 11 heteroatoms. The summed E-state index contributed by atoms with van der Waals surface area (Å²) in [5, 5.41) is 8.78. The molecule has 0 rings (SSSR count). The summed E-state index contributed by atoms with van der Waals surface area (Å²) >= 11 is 0. The number of aliphatic carboxylic acids is 1. The van der Waals surface area contributed by atoms with Crippen molar-refractivity contribution in [2.24, 2.45) is 5.73 Å². The van der Waals surface area contributed by atoms with Crippen molar-refractivity contribution >= 4 is 31.7 Å². The van der Waals surface area contributed by atoms with E-state index in [-0.39, 0.29) is 12.8 Å². The molecule has 1 amide bonds. The van der Waals surface area contributed by atoms with Crippen molar-refractivity contribution in [2.45, 2.75) is 18.9 Å². The van der Waals surface area contributed by atoms with Crippen molar-refractivity contribution in [3.8, 4) is 0 Å². The SMILES string of the molecule is CS(=O)(=O)CCS(=O)(=O)N[C@@H](CCC(N)=O)C(=O)O. The third-order valence-corrected chi connectivity index (χ3v) is 4.61. The van der Waals surface area contributed by atoms with E-state index in [0.717, 1.165) is 6.26 Å². The largest absolute Gasteiger partial charge is 0.480 e. The topological polar surface area (TPSA) is 161 Å². The molecule has 0 aromatic heterocycles. The minimum absolute atomic E-state index is 0.300. The van der Waals surface area contributed by atoms with Gasteiger partial charge >= 0.3 is 5.97 Å². The van der Waals surface area contributed by atoms with E-state index in [0.29, 0.717) is 0 Å². The van der Waals surface area contributed by atoms with Crippen LogP contribution in [0, 0.1) is 0 Å². The Morgan fingerprint density at radius 1 is 1.21 bits per heavy atom. The fourth-order valence-electron chi connectivity index (χ4n) is 1.06. The molecule has 1 atom stereocenters. The second kappa shape index (κ2) is 6.82. The van der Waals surface area contributed by atoms with Crippen molar-refractivity contribution in [1.82, 2.24) is 4.72 Å². The Hall–Kier alpha value is -1.20. The fraction of sp³-hybridized carbons (Fsp3) is 0.750.